The molecule has 0 spiro atoms. The molecule has 132 valence electrons. The van der Waals surface area contributed by atoms with Crippen LogP contribution in [0.15, 0.2) is 35.2 Å². The molecule has 0 aliphatic carbocycles. The molecule has 0 saturated heterocycles. The predicted molar refractivity (Wildman–Crippen MR) is 77.6 cm³/mol. The van der Waals surface area contributed by atoms with Gasteiger partial charge in [-0.3, -0.25) is 0 Å². The maximum absolute atomic E-state index is 13.8. The normalized spacial score (nSPS) is 19.3. The average Bonchev–Trinajstić information content (AvgIpc) is 2.72. The van der Waals surface area contributed by atoms with Crippen LogP contribution in [0, 0.1) is 28.5 Å². The van der Waals surface area contributed by atoms with Crippen molar-refractivity contribution in [3.05, 3.63) is 52.8 Å². The molecule has 26 heavy (non-hydrogen) atoms. The third kappa shape index (κ3) is 2.46. The van der Waals surface area contributed by atoms with Gasteiger partial charge in [0, 0.05) is 6.07 Å². The zero-order chi connectivity index (χ0) is 19.3. The molecule has 0 amide bonds. The molecular weight excluding hydrogens is 379 g/mol. The van der Waals surface area contributed by atoms with Crippen LogP contribution in [-0.2, 0) is 17.1 Å². The van der Waals surface area contributed by atoms with E-state index in [1.807, 2.05) is 0 Å². The van der Waals surface area contributed by atoms with E-state index in [0.29, 0.717) is 6.07 Å². The molecule has 0 fully saturated rings. The second-order valence-corrected chi connectivity index (χ2v) is 6.63. The first kappa shape index (κ1) is 18.0. The summed E-state index contributed by atoms with van der Waals surface area (Å²) in [6.45, 7) is 0. The Labute approximate surface area is 146 Å². The van der Waals surface area contributed by atoms with Crippen LogP contribution >= 0.6 is 0 Å². The minimum absolute atomic E-state index is 0.124. The van der Waals surface area contributed by atoms with E-state index < -0.39 is 49.9 Å². The van der Waals surface area contributed by atoms with E-state index in [1.54, 1.807) is 6.07 Å². The zero-order valence-corrected chi connectivity index (χ0v) is 13.2. The van der Waals surface area contributed by atoms with E-state index in [4.69, 9.17) is 10.00 Å². The highest BCUT2D eigenvalue weighted by Gasteiger charge is 2.75. The predicted octanol–water partition coefficient (Wildman–Crippen LogP) is 4.17. The van der Waals surface area contributed by atoms with Crippen molar-refractivity contribution in [2.24, 2.45) is 0 Å². The largest absolute Gasteiger partial charge is 0.606 e. The molecule has 1 aliphatic heterocycles. The van der Waals surface area contributed by atoms with Gasteiger partial charge in [-0.15, -0.1) is 8.78 Å². The molecule has 1 aliphatic rings. The lowest BCUT2D eigenvalue weighted by Gasteiger charge is -2.17. The lowest BCUT2D eigenvalue weighted by Crippen LogP contribution is -2.38. The Morgan fingerprint density at radius 2 is 1.73 bits per heavy atom. The van der Waals surface area contributed by atoms with Gasteiger partial charge in [0.25, 0.3) is 0 Å². The second-order valence-electron chi connectivity index (χ2n) is 5.18. The number of hydrogen-bond acceptors (Lipinski definition) is 4. The molecule has 3 rings (SSSR count). The minimum Gasteiger partial charge on any atom is -0.606 e. The summed E-state index contributed by atoms with van der Waals surface area (Å²) in [6, 6.07) is 7.32. The second kappa shape index (κ2) is 5.87. The molecule has 4 nitrogen and oxygen atoms in total. The summed E-state index contributed by atoms with van der Waals surface area (Å²) < 4.78 is 85.4. The van der Waals surface area contributed by atoms with Crippen molar-refractivity contribution in [1.29, 1.82) is 10.5 Å². The Morgan fingerprint density at radius 3 is 2.35 bits per heavy atom. The fourth-order valence-corrected chi connectivity index (χ4v) is 3.74. The topological polar surface area (TPSA) is 79.9 Å². The van der Waals surface area contributed by atoms with E-state index in [1.165, 1.54) is 6.07 Å². The van der Waals surface area contributed by atoms with Crippen LogP contribution in [0.3, 0.4) is 0 Å². The molecule has 1 unspecified atom stereocenters. The van der Waals surface area contributed by atoms with Crippen molar-refractivity contribution in [1.82, 2.24) is 0 Å². The maximum atomic E-state index is 13.8. The van der Waals surface area contributed by atoms with Crippen molar-refractivity contribution in [3.8, 4) is 23.6 Å². The number of ether oxygens (including phenoxy) is 1. The molecular formula is C16H5F5N2O2S. The van der Waals surface area contributed by atoms with E-state index in [0.717, 1.165) is 24.3 Å². The highest BCUT2D eigenvalue weighted by Crippen LogP contribution is 2.58. The first-order valence-electron chi connectivity index (χ1n) is 6.77. The number of benzene rings is 2. The van der Waals surface area contributed by atoms with E-state index in [2.05, 4.69) is 0 Å². The number of nitriles is 2. The lowest BCUT2D eigenvalue weighted by atomic mass is 10.0. The number of alkyl halides is 4. The van der Waals surface area contributed by atoms with Gasteiger partial charge in [-0.05, 0) is 24.3 Å². The third-order valence-corrected chi connectivity index (χ3v) is 5.10. The van der Waals surface area contributed by atoms with Crippen LogP contribution in [-0.4, -0.2) is 9.81 Å². The van der Waals surface area contributed by atoms with Crippen molar-refractivity contribution in [3.63, 3.8) is 0 Å². The quantitative estimate of drug-likeness (QED) is 0.575. The van der Waals surface area contributed by atoms with E-state index in [-0.39, 0.29) is 11.3 Å². The maximum Gasteiger partial charge on any atom is 0.481 e. The molecule has 0 aromatic heterocycles. The standard InChI is InChI=1S/C16H5F5N2O2S/c17-9-3-8(6-22)4-10(5-9)25-13-2-1-12-14(11(13)7-23)26(24)16(20,21)15(12,18)19/h1-5H. The van der Waals surface area contributed by atoms with Gasteiger partial charge < -0.3 is 9.29 Å². The van der Waals surface area contributed by atoms with Crippen LogP contribution in [0.1, 0.15) is 16.7 Å². The SMILES string of the molecule is N#Cc1cc(F)cc(Oc2ccc3c(c2C#N)[S+]([O-])C(F)(F)C3(F)F)c1. The van der Waals surface area contributed by atoms with Crippen molar-refractivity contribution in [2.75, 3.05) is 0 Å². The van der Waals surface area contributed by atoms with Crippen LogP contribution in [0.5, 0.6) is 11.5 Å². The van der Waals surface area contributed by atoms with E-state index >= 15 is 0 Å². The van der Waals surface area contributed by atoms with Gasteiger partial charge in [0.05, 0.1) is 28.4 Å². The summed E-state index contributed by atoms with van der Waals surface area (Å²) in [7, 11) is 0. The number of hydrogen-bond donors (Lipinski definition) is 0. The first-order chi connectivity index (χ1) is 12.1. The van der Waals surface area contributed by atoms with Crippen LogP contribution in [0.4, 0.5) is 22.0 Å². The van der Waals surface area contributed by atoms with Gasteiger partial charge in [0.2, 0.25) is 0 Å². The Balaban J connectivity index is 2.14. The smallest absolute Gasteiger partial charge is 0.481 e. The summed E-state index contributed by atoms with van der Waals surface area (Å²) in [6.07, 6.45) is 0. The van der Waals surface area contributed by atoms with Crippen molar-refractivity contribution in [2.45, 2.75) is 16.1 Å². The Bertz CT molecular complexity index is 997. The van der Waals surface area contributed by atoms with E-state index in [9.17, 15) is 31.8 Å². The highest BCUT2D eigenvalue weighted by molar-refractivity contribution is 7.93. The first-order valence-corrected chi connectivity index (χ1v) is 7.92. The zero-order valence-electron chi connectivity index (χ0n) is 12.4. The van der Waals surface area contributed by atoms with Crippen LogP contribution < -0.4 is 4.74 Å². The van der Waals surface area contributed by atoms with Crippen LogP contribution in [0.25, 0.3) is 0 Å². The molecule has 0 radical (unpaired) electrons. The molecule has 0 saturated carbocycles. The average molecular weight is 384 g/mol. The summed E-state index contributed by atoms with van der Waals surface area (Å²) in [5.74, 6) is -6.30. The molecule has 1 atom stereocenters. The Morgan fingerprint density at radius 1 is 1.04 bits per heavy atom. The Hall–Kier alpha value is -2.82. The summed E-state index contributed by atoms with van der Waals surface area (Å²) >= 11 is -3.48. The van der Waals surface area contributed by atoms with Gasteiger partial charge in [-0.2, -0.15) is 19.3 Å². The fourth-order valence-electron chi connectivity index (χ4n) is 2.41. The van der Waals surface area contributed by atoms with Crippen molar-refractivity contribution >= 4 is 11.2 Å². The number of nitrogens with zero attached hydrogens (tertiary/aromatic N) is 2. The molecule has 1 heterocycles. The van der Waals surface area contributed by atoms with Gasteiger partial charge in [-0.25, -0.2) is 4.39 Å². The fraction of sp³-hybridized carbons (Fsp3) is 0.125. The summed E-state index contributed by atoms with van der Waals surface area (Å²) in [5, 5.41) is 13.1. The minimum atomic E-state index is -4.88. The number of rotatable bonds is 2. The van der Waals surface area contributed by atoms with Gasteiger partial charge in [-0.1, -0.05) is 0 Å². The summed E-state index contributed by atoms with van der Waals surface area (Å²) in [4.78, 5) is -1.03. The van der Waals surface area contributed by atoms with Gasteiger partial charge >= 0.3 is 11.2 Å². The van der Waals surface area contributed by atoms with Crippen molar-refractivity contribution < 1.29 is 31.2 Å². The Kier molecular flexibility index (Phi) is 4.06. The monoisotopic (exact) mass is 384 g/mol. The van der Waals surface area contributed by atoms with Gasteiger partial charge in [0.15, 0.2) is 10.5 Å². The molecule has 2 aromatic rings. The molecule has 10 heteroatoms. The molecule has 2 aromatic carbocycles. The highest BCUT2D eigenvalue weighted by atomic mass is 32.2. The third-order valence-electron chi connectivity index (χ3n) is 3.58. The number of halogens is 5. The van der Waals surface area contributed by atoms with Gasteiger partial charge in [0.1, 0.15) is 23.4 Å². The summed E-state index contributed by atoms with van der Waals surface area (Å²) in [5.41, 5.74) is -2.14. The van der Waals surface area contributed by atoms with Crippen LogP contribution in [0.2, 0.25) is 0 Å². The number of fused-ring (bicyclic) bond motifs is 1. The molecule has 0 bridgehead atoms. The lowest BCUT2D eigenvalue weighted by molar-refractivity contribution is -0.158. The molecule has 0 N–H and O–H groups in total.